The first-order chi connectivity index (χ1) is 6.94. The second-order valence-corrected chi connectivity index (χ2v) is 6.28. The first-order valence-corrected chi connectivity index (χ1v) is 7.04. The van der Waals surface area contributed by atoms with Gasteiger partial charge < -0.3 is 5.73 Å². The zero-order valence-corrected chi connectivity index (χ0v) is 9.89. The second kappa shape index (κ2) is 4.94. The third kappa shape index (κ3) is 3.79. The highest BCUT2D eigenvalue weighted by molar-refractivity contribution is 7.91. The molecule has 0 radical (unpaired) electrons. The van der Waals surface area contributed by atoms with E-state index in [0.29, 0.717) is 19.5 Å². The highest BCUT2D eigenvalue weighted by Crippen LogP contribution is 2.13. The number of nitrogens with one attached hydrogen (secondary N) is 1. The second-order valence-electron chi connectivity index (χ2n) is 3.98. The van der Waals surface area contributed by atoms with Crippen LogP contribution in [0.3, 0.4) is 0 Å². The molecular weight excluding hydrogens is 214 g/mol. The van der Waals surface area contributed by atoms with Gasteiger partial charge in [-0.1, -0.05) is 6.92 Å². The van der Waals surface area contributed by atoms with E-state index in [2.05, 4.69) is 4.90 Å². The van der Waals surface area contributed by atoms with E-state index in [-0.39, 0.29) is 23.4 Å². The summed E-state index contributed by atoms with van der Waals surface area (Å²) in [5.74, 6) is 0.651. The van der Waals surface area contributed by atoms with Crippen molar-refractivity contribution in [3.05, 3.63) is 0 Å². The van der Waals surface area contributed by atoms with Crippen LogP contribution in [0.5, 0.6) is 0 Å². The number of sulfone groups is 1. The summed E-state index contributed by atoms with van der Waals surface area (Å²) in [4.78, 5) is 2.13. The quantitative estimate of drug-likeness (QED) is 0.521. The number of hydrogen-bond donors (Lipinski definition) is 2. The molecule has 3 N–H and O–H groups in total. The normalized spacial score (nSPS) is 23.5. The minimum absolute atomic E-state index is 0.176. The molecule has 6 heteroatoms. The number of hydrogen-bond acceptors (Lipinski definition) is 4. The number of nitrogens with two attached hydrogens (primary N) is 1. The fraction of sp³-hybridized carbons (Fsp3) is 0.889. The summed E-state index contributed by atoms with van der Waals surface area (Å²) in [5.41, 5.74) is 5.37. The molecule has 0 saturated carbocycles. The zero-order valence-electron chi connectivity index (χ0n) is 9.07. The predicted molar refractivity (Wildman–Crippen MR) is 60.8 cm³/mol. The predicted octanol–water partition coefficient (Wildman–Crippen LogP) is -0.179. The van der Waals surface area contributed by atoms with Crippen molar-refractivity contribution >= 4 is 15.7 Å². The lowest BCUT2D eigenvalue weighted by Crippen LogP contribution is -2.47. The van der Waals surface area contributed by atoms with Crippen LogP contribution in [0.2, 0.25) is 0 Å². The molecular formula is C9H19N3O2S. The summed E-state index contributed by atoms with van der Waals surface area (Å²) < 4.78 is 22.5. The summed E-state index contributed by atoms with van der Waals surface area (Å²) >= 11 is 0. The van der Waals surface area contributed by atoms with E-state index in [1.807, 2.05) is 6.92 Å². The van der Waals surface area contributed by atoms with Gasteiger partial charge >= 0.3 is 0 Å². The van der Waals surface area contributed by atoms with Crippen LogP contribution in [0.25, 0.3) is 0 Å². The molecule has 0 aromatic heterocycles. The highest BCUT2D eigenvalue weighted by Gasteiger charge is 2.26. The Morgan fingerprint density at radius 1 is 1.47 bits per heavy atom. The summed E-state index contributed by atoms with van der Waals surface area (Å²) in [7, 11) is -2.81. The molecule has 0 aromatic carbocycles. The van der Waals surface area contributed by atoms with Crippen molar-refractivity contribution in [1.29, 1.82) is 5.41 Å². The molecule has 0 aliphatic carbocycles. The lowest BCUT2D eigenvalue weighted by atomic mass is 10.1. The Morgan fingerprint density at radius 2 is 2.00 bits per heavy atom. The Hall–Kier alpha value is -0.620. The van der Waals surface area contributed by atoms with Gasteiger partial charge in [-0.2, -0.15) is 0 Å². The van der Waals surface area contributed by atoms with E-state index in [1.165, 1.54) is 0 Å². The minimum atomic E-state index is -2.81. The Kier molecular flexibility index (Phi) is 4.10. The molecule has 0 spiro atoms. The van der Waals surface area contributed by atoms with Crippen molar-refractivity contribution in [2.24, 2.45) is 5.73 Å². The zero-order chi connectivity index (χ0) is 11.5. The molecule has 0 aromatic rings. The van der Waals surface area contributed by atoms with Gasteiger partial charge in [0.15, 0.2) is 9.84 Å². The minimum Gasteiger partial charge on any atom is -0.388 e. The van der Waals surface area contributed by atoms with E-state index in [9.17, 15) is 8.42 Å². The van der Waals surface area contributed by atoms with Crippen LogP contribution in [0.4, 0.5) is 0 Å². The Balaban J connectivity index is 2.53. The van der Waals surface area contributed by atoms with E-state index < -0.39 is 9.84 Å². The standard InChI is InChI=1S/C9H19N3O2S/c1-2-8(7-9(10)11)12-3-5-15(13,14)6-4-12/h8H,2-7H2,1H3,(H3,10,11). The average Bonchev–Trinajstić information content (AvgIpc) is 2.14. The maximum atomic E-state index is 11.2. The molecule has 1 saturated heterocycles. The van der Waals surface area contributed by atoms with Gasteiger partial charge in [0.05, 0.1) is 17.3 Å². The van der Waals surface area contributed by atoms with Crippen LogP contribution in [0, 0.1) is 5.41 Å². The van der Waals surface area contributed by atoms with Crippen LogP contribution < -0.4 is 5.73 Å². The molecule has 1 unspecified atom stereocenters. The summed E-state index contributed by atoms with van der Waals surface area (Å²) in [6.07, 6.45) is 1.44. The van der Waals surface area contributed by atoms with Crippen LogP contribution in [0.1, 0.15) is 19.8 Å². The SMILES string of the molecule is CCC(CC(=N)N)N1CCS(=O)(=O)CC1. The third-order valence-corrected chi connectivity index (χ3v) is 4.43. The molecule has 1 rings (SSSR count). The van der Waals surface area contributed by atoms with Crippen LogP contribution >= 0.6 is 0 Å². The molecule has 1 aliphatic rings. The molecule has 1 heterocycles. The van der Waals surface area contributed by atoms with E-state index in [1.54, 1.807) is 0 Å². The van der Waals surface area contributed by atoms with Crippen molar-refractivity contribution in [3.63, 3.8) is 0 Å². The topological polar surface area (TPSA) is 87.2 Å². The Morgan fingerprint density at radius 3 is 2.40 bits per heavy atom. The monoisotopic (exact) mass is 233 g/mol. The summed E-state index contributed by atoms with van der Waals surface area (Å²) in [6.45, 7) is 3.19. The maximum absolute atomic E-state index is 11.2. The number of nitrogens with zero attached hydrogens (tertiary/aromatic N) is 1. The molecule has 1 fully saturated rings. The van der Waals surface area contributed by atoms with E-state index >= 15 is 0 Å². The lowest BCUT2D eigenvalue weighted by molar-refractivity contribution is 0.211. The largest absolute Gasteiger partial charge is 0.388 e. The Bertz CT molecular complexity index is 312. The van der Waals surface area contributed by atoms with Crippen molar-refractivity contribution in [3.8, 4) is 0 Å². The summed E-state index contributed by atoms with van der Waals surface area (Å²) in [6, 6.07) is 0.220. The van der Waals surface area contributed by atoms with Gasteiger partial charge in [0.25, 0.3) is 0 Å². The highest BCUT2D eigenvalue weighted by atomic mass is 32.2. The van der Waals surface area contributed by atoms with Gasteiger partial charge in [0, 0.05) is 25.6 Å². The van der Waals surface area contributed by atoms with Gasteiger partial charge in [-0.15, -0.1) is 0 Å². The van der Waals surface area contributed by atoms with Crippen molar-refractivity contribution in [2.75, 3.05) is 24.6 Å². The van der Waals surface area contributed by atoms with Crippen LogP contribution in [-0.2, 0) is 9.84 Å². The fourth-order valence-corrected chi connectivity index (χ4v) is 3.11. The van der Waals surface area contributed by atoms with Gasteiger partial charge in [-0.3, -0.25) is 10.3 Å². The molecule has 5 nitrogen and oxygen atoms in total. The summed E-state index contributed by atoms with van der Waals surface area (Å²) in [5, 5.41) is 7.26. The van der Waals surface area contributed by atoms with Crippen LogP contribution in [0.15, 0.2) is 0 Å². The van der Waals surface area contributed by atoms with Gasteiger partial charge in [0.1, 0.15) is 0 Å². The Labute approximate surface area is 91.1 Å². The van der Waals surface area contributed by atoms with E-state index in [0.717, 1.165) is 6.42 Å². The number of rotatable bonds is 4. The van der Waals surface area contributed by atoms with Crippen molar-refractivity contribution in [1.82, 2.24) is 4.90 Å². The number of amidine groups is 1. The fourth-order valence-electron chi connectivity index (χ4n) is 1.88. The first kappa shape index (κ1) is 12.4. The first-order valence-electron chi connectivity index (χ1n) is 5.22. The van der Waals surface area contributed by atoms with Gasteiger partial charge in [-0.05, 0) is 6.42 Å². The van der Waals surface area contributed by atoms with Crippen LogP contribution in [-0.4, -0.2) is 49.8 Å². The molecule has 0 bridgehead atoms. The molecule has 0 amide bonds. The average molecular weight is 233 g/mol. The van der Waals surface area contributed by atoms with E-state index in [4.69, 9.17) is 11.1 Å². The molecule has 1 aliphatic heterocycles. The lowest BCUT2D eigenvalue weighted by Gasteiger charge is -2.33. The smallest absolute Gasteiger partial charge is 0.152 e. The van der Waals surface area contributed by atoms with Gasteiger partial charge in [0.2, 0.25) is 0 Å². The maximum Gasteiger partial charge on any atom is 0.152 e. The molecule has 15 heavy (non-hydrogen) atoms. The third-order valence-electron chi connectivity index (χ3n) is 2.82. The molecule has 1 atom stereocenters. The van der Waals surface area contributed by atoms with Gasteiger partial charge in [-0.25, -0.2) is 8.42 Å². The molecule has 88 valence electrons. The van der Waals surface area contributed by atoms with Crippen molar-refractivity contribution in [2.45, 2.75) is 25.8 Å². The van der Waals surface area contributed by atoms with Crippen molar-refractivity contribution < 1.29 is 8.42 Å².